The van der Waals surface area contributed by atoms with E-state index in [9.17, 15) is 13.6 Å². The third-order valence-corrected chi connectivity index (χ3v) is 6.17. The maximum atomic E-state index is 13.2. The Kier molecular flexibility index (Phi) is 6.50. The summed E-state index contributed by atoms with van der Waals surface area (Å²) in [5.41, 5.74) is 1.97. The van der Waals surface area contributed by atoms with E-state index in [0.717, 1.165) is 21.8 Å². The van der Waals surface area contributed by atoms with Gasteiger partial charge in [0.15, 0.2) is 6.54 Å². The number of nitrogens with one attached hydrogen (secondary N) is 1. The van der Waals surface area contributed by atoms with Crippen molar-refractivity contribution in [2.45, 2.75) is 31.8 Å². The van der Waals surface area contributed by atoms with Crippen LogP contribution in [0.15, 0.2) is 48.5 Å². The van der Waals surface area contributed by atoms with Gasteiger partial charge in [-0.25, -0.2) is 8.78 Å². The molecule has 1 N–H and O–H groups in total. The number of nitrogens with zero attached hydrogens (tertiary/aromatic N) is 1. The van der Waals surface area contributed by atoms with Crippen molar-refractivity contribution in [3.63, 3.8) is 0 Å². The molecule has 2 aromatic carbocycles. The van der Waals surface area contributed by atoms with Gasteiger partial charge in [0.05, 0.1) is 6.04 Å². The Morgan fingerprint density at radius 3 is 2.30 bits per heavy atom. The van der Waals surface area contributed by atoms with Crippen LogP contribution < -0.4 is 4.90 Å². The molecule has 0 radical (unpaired) electrons. The molecule has 6 heteroatoms. The number of halogens is 2. The molecular formula is C21H25F2N2OS+. The number of thioether (sulfide) groups is 1. The molecule has 3 nitrogen and oxygen atoms in total. The van der Waals surface area contributed by atoms with Crippen molar-refractivity contribution in [1.29, 1.82) is 0 Å². The van der Waals surface area contributed by atoms with Gasteiger partial charge in [-0.05, 0) is 43.7 Å². The number of carbonyl (C=O) groups excluding carboxylic acids is 1. The third kappa shape index (κ3) is 5.08. The minimum atomic E-state index is -0.269. The van der Waals surface area contributed by atoms with E-state index in [1.54, 1.807) is 36.0 Å². The number of quaternary nitrogens is 1. The maximum Gasteiger partial charge on any atom is 0.278 e. The van der Waals surface area contributed by atoms with E-state index in [-0.39, 0.29) is 29.0 Å². The second-order valence-electron chi connectivity index (χ2n) is 7.15. The van der Waals surface area contributed by atoms with Gasteiger partial charge in [-0.1, -0.05) is 24.3 Å². The van der Waals surface area contributed by atoms with E-state index < -0.39 is 0 Å². The highest BCUT2D eigenvalue weighted by Gasteiger charge is 2.33. The van der Waals surface area contributed by atoms with Gasteiger partial charge in [0, 0.05) is 17.9 Å². The number of hydrogen-bond acceptors (Lipinski definition) is 2. The van der Waals surface area contributed by atoms with Crippen molar-refractivity contribution in [1.82, 2.24) is 4.90 Å². The molecule has 1 fully saturated rings. The summed E-state index contributed by atoms with van der Waals surface area (Å²) in [4.78, 5) is 16.0. The molecule has 1 heterocycles. The third-order valence-electron chi connectivity index (χ3n) is 4.91. The molecule has 144 valence electrons. The first-order valence-corrected chi connectivity index (χ1v) is 10.2. The Bertz CT molecular complexity index is 765. The lowest BCUT2D eigenvalue weighted by molar-refractivity contribution is -0.927. The van der Waals surface area contributed by atoms with Crippen LogP contribution in [-0.4, -0.2) is 35.7 Å². The predicted octanol–water partition coefficient (Wildman–Crippen LogP) is 3.03. The van der Waals surface area contributed by atoms with Crippen LogP contribution in [0.5, 0.6) is 0 Å². The molecule has 0 aromatic heterocycles. The maximum absolute atomic E-state index is 13.2. The topological polar surface area (TPSA) is 24.8 Å². The minimum Gasteiger partial charge on any atom is -0.321 e. The molecule has 2 atom stereocenters. The van der Waals surface area contributed by atoms with Crippen molar-refractivity contribution in [3.05, 3.63) is 71.3 Å². The molecule has 0 aliphatic carbocycles. The lowest BCUT2D eigenvalue weighted by atomic mass is 10.1. The average Bonchev–Trinajstić information content (AvgIpc) is 3.13. The SMILES string of the molecule is CC(C)[NH+](CC(=O)N1CCS[C@@H]1c1ccc(F)cc1)Cc1ccc(F)cc1. The van der Waals surface area contributed by atoms with Gasteiger partial charge in [-0.15, -0.1) is 11.8 Å². The van der Waals surface area contributed by atoms with Crippen LogP contribution in [0.2, 0.25) is 0 Å². The monoisotopic (exact) mass is 391 g/mol. The number of carbonyl (C=O) groups is 1. The van der Waals surface area contributed by atoms with E-state index in [4.69, 9.17) is 0 Å². The van der Waals surface area contributed by atoms with Gasteiger partial charge in [-0.2, -0.15) is 0 Å². The van der Waals surface area contributed by atoms with Crippen LogP contribution in [0.3, 0.4) is 0 Å². The standard InChI is InChI=1S/C21H24F2N2OS/c1-15(2)24(13-16-3-7-18(22)8-4-16)14-20(26)25-11-12-27-21(25)17-5-9-19(23)10-6-17/h3-10,15,21H,11-14H2,1-2H3/p+1/t21-/m1/s1. The molecule has 1 unspecified atom stereocenters. The van der Waals surface area contributed by atoms with Crippen LogP contribution >= 0.6 is 11.8 Å². The number of benzene rings is 2. The summed E-state index contributed by atoms with van der Waals surface area (Å²) in [5.74, 6) is 0.453. The summed E-state index contributed by atoms with van der Waals surface area (Å²) in [6.45, 7) is 5.93. The first kappa shape index (κ1) is 19.8. The van der Waals surface area contributed by atoms with E-state index in [1.807, 2.05) is 4.90 Å². The van der Waals surface area contributed by atoms with Crippen LogP contribution in [-0.2, 0) is 11.3 Å². The Labute approximate surface area is 163 Å². The van der Waals surface area contributed by atoms with E-state index in [1.165, 1.54) is 24.3 Å². The van der Waals surface area contributed by atoms with Crippen LogP contribution in [0.4, 0.5) is 8.78 Å². The van der Waals surface area contributed by atoms with Gasteiger partial charge >= 0.3 is 0 Å². The summed E-state index contributed by atoms with van der Waals surface area (Å²) in [5, 5.41) is -0.0580. The van der Waals surface area contributed by atoms with Gasteiger partial charge in [0.1, 0.15) is 23.6 Å². The molecule has 0 saturated carbocycles. The molecule has 0 bridgehead atoms. The van der Waals surface area contributed by atoms with Crippen molar-refractivity contribution in [2.24, 2.45) is 0 Å². The number of hydrogen-bond donors (Lipinski definition) is 1. The summed E-state index contributed by atoms with van der Waals surface area (Å²) in [7, 11) is 0. The summed E-state index contributed by atoms with van der Waals surface area (Å²) in [6.07, 6.45) is 0. The van der Waals surface area contributed by atoms with Gasteiger partial charge in [0.25, 0.3) is 5.91 Å². The molecular weight excluding hydrogens is 366 g/mol. The Morgan fingerprint density at radius 2 is 1.70 bits per heavy atom. The van der Waals surface area contributed by atoms with Crippen molar-refractivity contribution >= 4 is 17.7 Å². The molecule has 1 saturated heterocycles. The van der Waals surface area contributed by atoms with Crippen molar-refractivity contribution < 1.29 is 18.5 Å². The second kappa shape index (κ2) is 8.85. The Balaban J connectivity index is 1.69. The minimum absolute atomic E-state index is 0.0580. The van der Waals surface area contributed by atoms with E-state index in [0.29, 0.717) is 19.6 Å². The molecule has 3 rings (SSSR count). The molecule has 1 amide bonds. The predicted molar refractivity (Wildman–Crippen MR) is 104 cm³/mol. The van der Waals surface area contributed by atoms with Crippen molar-refractivity contribution in [2.75, 3.05) is 18.8 Å². The quantitative estimate of drug-likeness (QED) is 0.819. The first-order chi connectivity index (χ1) is 12.9. The highest BCUT2D eigenvalue weighted by Crippen LogP contribution is 2.37. The fraction of sp³-hybridized carbons (Fsp3) is 0.381. The lowest BCUT2D eigenvalue weighted by Gasteiger charge is -2.28. The normalized spacial score (nSPS) is 18.1. The zero-order chi connectivity index (χ0) is 19.4. The molecule has 27 heavy (non-hydrogen) atoms. The average molecular weight is 392 g/mol. The molecule has 0 spiro atoms. The van der Waals surface area contributed by atoms with Crippen LogP contribution in [0.25, 0.3) is 0 Å². The summed E-state index contributed by atoms with van der Waals surface area (Å²) < 4.78 is 26.3. The summed E-state index contributed by atoms with van der Waals surface area (Å²) >= 11 is 1.71. The van der Waals surface area contributed by atoms with Crippen LogP contribution in [0, 0.1) is 11.6 Å². The zero-order valence-electron chi connectivity index (χ0n) is 15.6. The van der Waals surface area contributed by atoms with Gasteiger partial charge in [-0.3, -0.25) is 4.79 Å². The highest BCUT2D eigenvalue weighted by molar-refractivity contribution is 7.99. The largest absolute Gasteiger partial charge is 0.321 e. The first-order valence-electron chi connectivity index (χ1n) is 9.19. The molecule has 1 aliphatic rings. The van der Waals surface area contributed by atoms with Crippen molar-refractivity contribution in [3.8, 4) is 0 Å². The lowest BCUT2D eigenvalue weighted by Crippen LogP contribution is -3.14. The van der Waals surface area contributed by atoms with Gasteiger partial charge < -0.3 is 9.80 Å². The van der Waals surface area contributed by atoms with Gasteiger partial charge in [0.2, 0.25) is 0 Å². The van der Waals surface area contributed by atoms with Crippen LogP contribution in [0.1, 0.15) is 30.3 Å². The fourth-order valence-electron chi connectivity index (χ4n) is 3.26. The smallest absolute Gasteiger partial charge is 0.278 e. The highest BCUT2D eigenvalue weighted by atomic mass is 32.2. The zero-order valence-corrected chi connectivity index (χ0v) is 16.4. The van der Waals surface area contributed by atoms with E-state index in [2.05, 4.69) is 13.8 Å². The molecule has 1 aliphatic heterocycles. The number of amides is 1. The van der Waals surface area contributed by atoms with E-state index >= 15 is 0 Å². The number of rotatable bonds is 6. The second-order valence-corrected chi connectivity index (χ2v) is 8.34. The fourth-order valence-corrected chi connectivity index (χ4v) is 4.54. The summed E-state index contributed by atoms with van der Waals surface area (Å²) in [6, 6.07) is 13.1. The molecule has 2 aromatic rings. The Morgan fingerprint density at radius 1 is 1.11 bits per heavy atom. The Hall–Kier alpha value is -1.92.